The second kappa shape index (κ2) is 5.15. The van der Waals surface area contributed by atoms with Gasteiger partial charge in [-0.25, -0.2) is 4.39 Å². The number of nitrogens with zero attached hydrogens (tertiary/aromatic N) is 2. The van der Waals surface area contributed by atoms with Gasteiger partial charge in [0.2, 0.25) is 0 Å². The summed E-state index contributed by atoms with van der Waals surface area (Å²) in [6.45, 7) is 2.04. The molecule has 1 fully saturated rings. The zero-order valence-electron chi connectivity index (χ0n) is 9.91. The van der Waals surface area contributed by atoms with Crippen molar-refractivity contribution in [3.63, 3.8) is 0 Å². The Morgan fingerprint density at radius 2 is 2.35 bits per heavy atom. The molecule has 1 heterocycles. The summed E-state index contributed by atoms with van der Waals surface area (Å²) in [5.41, 5.74) is 0.716. The molecule has 1 aromatic carbocycles. The molecule has 1 atom stereocenters. The van der Waals surface area contributed by atoms with E-state index in [0.717, 1.165) is 25.9 Å². The molecule has 3 nitrogen and oxygen atoms in total. The van der Waals surface area contributed by atoms with Crippen molar-refractivity contribution in [1.82, 2.24) is 4.90 Å². The molecule has 1 N–H and O–H groups in total. The minimum Gasteiger partial charge on any atom is -0.380 e. The number of nitriles is 1. The van der Waals surface area contributed by atoms with Gasteiger partial charge in [0, 0.05) is 12.6 Å². The fraction of sp³-hybridized carbons (Fsp3) is 0.462. The van der Waals surface area contributed by atoms with E-state index >= 15 is 0 Å². The summed E-state index contributed by atoms with van der Waals surface area (Å²) in [6.07, 6.45) is 2.19. The summed E-state index contributed by atoms with van der Waals surface area (Å²) in [5.74, 6) is -0.457. The van der Waals surface area contributed by atoms with Crippen LogP contribution in [0.5, 0.6) is 0 Å². The van der Waals surface area contributed by atoms with E-state index in [2.05, 4.69) is 17.3 Å². The summed E-state index contributed by atoms with van der Waals surface area (Å²) in [5, 5.41) is 12.2. The van der Waals surface area contributed by atoms with Crippen LogP contribution < -0.4 is 5.32 Å². The molecular formula is C13H16FN3. The molecule has 2 rings (SSSR count). The number of hydrogen-bond acceptors (Lipinski definition) is 3. The number of likely N-dealkylation sites (N-methyl/N-ethyl adjacent to an activating group) is 1. The average molecular weight is 233 g/mol. The molecule has 1 unspecified atom stereocenters. The molecule has 1 aliphatic heterocycles. The molecule has 1 aromatic rings. The third-order valence-corrected chi connectivity index (χ3v) is 3.11. The fourth-order valence-corrected chi connectivity index (χ4v) is 2.26. The summed E-state index contributed by atoms with van der Waals surface area (Å²) >= 11 is 0. The molecule has 4 heteroatoms. The van der Waals surface area contributed by atoms with Gasteiger partial charge in [0.1, 0.15) is 17.4 Å². The maximum absolute atomic E-state index is 13.4. The summed E-state index contributed by atoms with van der Waals surface area (Å²) in [4.78, 5) is 2.24. The monoisotopic (exact) mass is 233 g/mol. The first-order valence-electron chi connectivity index (χ1n) is 5.84. The predicted molar refractivity (Wildman–Crippen MR) is 65.3 cm³/mol. The molecule has 17 heavy (non-hydrogen) atoms. The maximum atomic E-state index is 13.4. The Hall–Kier alpha value is -1.60. The predicted octanol–water partition coefficient (Wildman–Crippen LogP) is 2.20. The standard InChI is InChI=1S/C13H16FN3/c1-17-7-3-4-10(9-17)16-13-6-2-5-12(14)11(13)8-15/h2,5-6,10,16H,3-4,7,9H2,1H3. The van der Waals surface area contributed by atoms with Gasteiger partial charge >= 0.3 is 0 Å². The second-order valence-corrected chi connectivity index (χ2v) is 4.52. The van der Waals surface area contributed by atoms with Crippen molar-refractivity contribution in [2.75, 3.05) is 25.5 Å². The highest BCUT2D eigenvalue weighted by Gasteiger charge is 2.18. The summed E-state index contributed by atoms with van der Waals surface area (Å²) in [6, 6.07) is 6.91. The Labute approximate surface area is 101 Å². The number of rotatable bonds is 2. The first-order chi connectivity index (χ1) is 8.20. The SMILES string of the molecule is CN1CCCC(Nc2cccc(F)c2C#N)C1. The van der Waals surface area contributed by atoms with E-state index in [1.165, 1.54) is 6.07 Å². The number of piperidine rings is 1. The highest BCUT2D eigenvalue weighted by molar-refractivity contribution is 5.58. The first-order valence-corrected chi connectivity index (χ1v) is 5.84. The van der Waals surface area contributed by atoms with E-state index < -0.39 is 5.82 Å². The number of nitrogens with one attached hydrogen (secondary N) is 1. The van der Waals surface area contributed by atoms with Crippen LogP contribution in [0.25, 0.3) is 0 Å². The molecule has 0 bridgehead atoms. The molecule has 1 saturated heterocycles. The fourth-order valence-electron chi connectivity index (χ4n) is 2.26. The second-order valence-electron chi connectivity index (χ2n) is 4.52. The number of likely N-dealkylation sites (tertiary alicyclic amines) is 1. The van der Waals surface area contributed by atoms with Gasteiger partial charge in [-0.15, -0.1) is 0 Å². The Balaban J connectivity index is 2.13. The van der Waals surface area contributed by atoms with Crippen LogP contribution in [0.15, 0.2) is 18.2 Å². The smallest absolute Gasteiger partial charge is 0.143 e. The highest BCUT2D eigenvalue weighted by atomic mass is 19.1. The lowest BCUT2D eigenvalue weighted by Gasteiger charge is -2.31. The molecule has 90 valence electrons. The van der Waals surface area contributed by atoms with Gasteiger partial charge in [-0.05, 0) is 38.6 Å². The van der Waals surface area contributed by atoms with E-state index in [1.807, 2.05) is 6.07 Å². The lowest BCUT2D eigenvalue weighted by atomic mass is 10.0. The van der Waals surface area contributed by atoms with Gasteiger partial charge in [-0.3, -0.25) is 0 Å². The lowest BCUT2D eigenvalue weighted by Crippen LogP contribution is -2.39. The van der Waals surface area contributed by atoms with E-state index in [-0.39, 0.29) is 5.56 Å². The van der Waals surface area contributed by atoms with Gasteiger partial charge in [-0.2, -0.15) is 5.26 Å². The van der Waals surface area contributed by atoms with Crippen LogP contribution in [0.1, 0.15) is 18.4 Å². The van der Waals surface area contributed by atoms with Crippen molar-refractivity contribution in [1.29, 1.82) is 5.26 Å². The van der Waals surface area contributed by atoms with Crippen LogP contribution in [0, 0.1) is 17.1 Å². The summed E-state index contributed by atoms with van der Waals surface area (Å²) in [7, 11) is 2.07. The Morgan fingerprint density at radius 3 is 3.06 bits per heavy atom. The Kier molecular flexibility index (Phi) is 3.60. The van der Waals surface area contributed by atoms with Gasteiger partial charge < -0.3 is 10.2 Å². The number of benzene rings is 1. The van der Waals surface area contributed by atoms with Crippen molar-refractivity contribution in [2.45, 2.75) is 18.9 Å². The van der Waals surface area contributed by atoms with Gasteiger partial charge in [-0.1, -0.05) is 6.07 Å². The minimum absolute atomic E-state index is 0.112. The van der Waals surface area contributed by atoms with Gasteiger partial charge in [0.15, 0.2) is 0 Å². The van der Waals surface area contributed by atoms with Crippen LogP contribution >= 0.6 is 0 Å². The van der Waals surface area contributed by atoms with Gasteiger partial charge in [0.05, 0.1) is 5.69 Å². The van der Waals surface area contributed by atoms with Crippen molar-refractivity contribution < 1.29 is 4.39 Å². The van der Waals surface area contributed by atoms with Crippen LogP contribution in [-0.4, -0.2) is 31.1 Å². The van der Waals surface area contributed by atoms with E-state index in [4.69, 9.17) is 5.26 Å². The number of anilines is 1. The van der Waals surface area contributed by atoms with Crippen LogP contribution in [0.2, 0.25) is 0 Å². The topological polar surface area (TPSA) is 39.1 Å². The zero-order chi connectivity index (χ0) is 12.3. The Bertz CT molecular complexity index is 439. The normalized spacial score (nSPS) is 20.9. The van der Waals surface area contributed by atoms with E-state index in [0.29, 0.717) is 11.7 Å². The van der Waals surface area contributed by atoms with Crippen molar-refractivity contribution in [3.8, 4) is 6.07 Å². The van der Waals surface area contributed by atoms with Crippen molar-refractivity contribution >= 4 is 5.69 Å². The third kappa shape index (κ3) is 2.75. The quantitative estimate of drug-likeness (QED) is 0.851. The molecule has 0 amide bonds. The average Bonchev–Trinajstić information content (AvgIpc) is 2.29. The van der Waals surface area contributed by atoms with Crippen LogP contribution in [0.4, 0.5) is 10.1 Å². The van der Waals surface area contributed by atoms with Gasteiger partial charge in [0.25, 0.3) is 0 Å². The van der Waals surface area contributed by atoms with Crippen molar-refractivity contribution in [2.24, 2.45) is 0 Å². The minimum atomic E-state index is -0.457. The first kappa shape index (κ1) is 11.9. The highest BCUT2D eigenvalue weighted by Crippen LogP contribution is 2.21. The largest absolute Gasteiger partial charge is 0.380 e. The van der Waals surface area contributed by atoms with Crippen LogP contribution in [0.3, 0.4) is 0 Å². The third-order valence-electron chi connectivity index (χ3n) is 3.11. The molecule has 0 saturated carbocycles. The maximum Gasteiger partial charge on any atom is 0.143 e. The van der Waals surface area contributed by atoms with Crippen molar-refractivity contribution in [3.05, 3.63) is 29.6 Å². The zero-order valence-corrected chi connectivity index (χ0v) is 9.91. The molecule has 1 aliphatic rings. The molecule has 0 aliphatic carbocycles. The van der Waals surface area contributed by atoms with E-state index in [1.54, 1.807) is 12.1 Å². The Morgan fingerprint density at radius 1 is 1.53 bits per heavy atom. The van der Waals surface area contributed by atoms with Crippen LogP contribution in [-0.2, 0) is 0 Å². The number of halogens is 1. The molecule has 0 aromatic heterocycles. The number of hydrogen-bond donors (Lipinski definition) is 1. The van der Waals surface area contributed by atoms with E-state index in [9.17, 15) is 4.39 Å². The lowest BCUT2D eigenvalue weighted by molar-refractivity contribution is 0.261. The molecular weight excluding hydrogens is 217 g/mol. The molecule has 0 radical (unpaired) electrons. The molecule has 0 spiro atoms. The summed E-state index contributed by atoms with van der Waals surface area (Å²) < 4.78 is 13.4.